The van der Waals surface area contributed by atoms with Crippen LogP contribution in [-0.4, -0.2) is 71.5 Å². The van der Waals surface area contributed by atoms with Crippen molar-refractivity contribution in [1.29, 1.82) is 0 Å². The van der Waals surface area contributed by atoms with Crippen molar-refractivity contribution >= 4 is 11.9 Å². The molecule has 1 aliphatic carbocycles. The van der Waals surface area contributed by atoms with Gasteiger partial charge in [-0.3, -0.25) is 4.79 Å². The Morgan fingerprint density at radius 2 is 1.47 bits per heavy atom. The van der Waals surface area contributed by atoms with Crippen molar-refractivity contribution in [2.24, 2.45) is 5.92 Å². The number of carbonyl (C=O) groups excluding carboxylic acids is 2. The molecule has 10 nitrogen and oxygen atoms in total. The first-order chi connectivity index (χ1) is 25.8. The van der Waals surface area contributed by atoms with Gasteiger partial charge in [0.2, 0.25) is 11.7 Å². The highest BCUT2D eigenvalue weighted by Gasteiger charge is 2.41. The van der Waals surface area contributed by atoms with E-state index in [1.807, 2.05) is 54.6 Å². The third-order valence-corrected chi connectivity index (χ3v) is 10.4. The van der Waals surface area contributed by atoms with E-state index in [0.29, 0.717) is 60.3 Å². The summed E-state index contributed by atoms with van der Waals surface area (Å²) in [6, 6.07) is 16.3. The van der Waals surface area contributed by atoms with E-state index in [4.69, 9.17) is 39.6 Å². The lowest BCUT2D eigenvalue weighted by Crippen LogP contribution is -2.51. The van der Waals surface area contributed by atoms with Crippen molar-refractivity contribution in [2.75, 3.05) is 48.7 Å². The number of nitrogens with zero attached hydrogens (tertiary/aromatic N) is 1. The second-order valence-corrected chi connectivity index (χ2v) is 13.6. The molecule has 1 aliphatic heterocycles. The summed E-state index contributed by atoms with van der Waals surface area (Å²) in [4.78, 5) is 31.1. The number of hydrogen-bond acceptors (Lipinski definition) is 9. The molecule has 1 saturated heterocycles. The molecule has 284 valence electrons. The maximum atomic E-state index is 14.9. The normalized spacial score (nSPS) is 17.1. The van der Waals surface area contributed by atoms with Crippen molar-refractivity contribution in [2.45, 2.75) is 82.3 Å². The number of terminal acetylenes is 1. The number of likely N-dealkylation sites (tertiary alicyclic amines) is 1. The molecular weight excluding hydrogens is 674 g/mol. The van der Waals surface area contributed by atoms with Gasteiger partial charge < -0.3 is 38.1 Å². The van der Waals surface area contributed by atoms with Crippen LogP contribution in [0.25, 0.3) is 0 Å². The number of aryl methyl sites for hydroxylation is 1. The Balaban J connectivity index is 1.45. The highest BCUT2D eigenvalue weighted by atomic mass is 16.5. The van der Waals surface area contributed by atoms with E-state index in [0.717, 1.165) is 61.6 Å². The Morgan fingerprint density at radius 1 is 0.774 bits per heavy atom. The number of methoxy groups -OCH3 is 5. The van der Waals surface area contributed by atoms with Gasteiger partial charge in [0.05, 0.1) is 41.5 Å². The third-order valence-electron chi connectivity index (χ3n) is 10.4. The van der Waals surface area contributed by atoms with Crippen LogP contribution < -0.4 is 28.4 Å². The van der Waals surface area contributed by atoms with E-state index in [1.165, 1.54) is 0 Å². The molecule has 5 rings (SSSR count). The molecule has 1 amide bonds. The molecule has 0 radical (unpaired) electrons. The highest BCUT2D eigenvalue weighted by Crippen LogP contribution is 2.45. The summed E-state index contributed by atoms with van der Waals surface area (Å²) in [5, 5.41) is 0. The predicted octanol–water partition coefficient (Wildman–Crippen LogP) is 7.70. The predicted molar refractivity (Wildman–Crippen MR) is 202 cm³/mol. The van der Waals surface area contributed by atoms with Gasteiger partial charge in [-0.1, -0.05) is 43.4 Å². The molecule has 0 bridgehead atoms. The van der Waals surface area contributed by atoms with Crippen LogP contribution in [0.2, 0.25) is 0 Å². The van der Waals surface area contributed by atoms with Crippen LogP contribution in [0.3, 0.4) is 0 Å². The molecule has 3 aromatic carbocycles. The Kier molecular flexibility index (Phi) is 14.2. The summed E-state index contributed by atoms with van der Waals surface area (Å²) in [5.41, 5.74) is 2.57. The van der Waals surface area contributed by atoms with E-state index in [-0.39, 0.29) is 18.4 Å². The van der Waals surface area contributed by atoms with Gasteiger partial charge in [-0.05, 0) is 104 Å². The van der Waals surface area contributed by atoms with E-state index in [1.54, 1.807) is 40.4 Å². The van der Waals surface area contributed by atoms with E-state index in [2.05, 4.69) is 5.92 Å². The lowest BCUT2D eigenvalue weighted by molar-refractivity contribution is -0.163. The third kappa shape index (κ3) is 9.50. The summed E-state index contributed by atoms with van der Waals surface area (Å²) in [5.74, 6) is 4.95. The van der Waals surface area contributed by atoms with E-state index in [9.17, 15) is 9.59 Å². The molecule has 0 N–H and O–H groups in total. The van der Waals surface area contributed by atoms with Gasteiger partial charge in [0, 0.05) is 6.54 Å². The fraction of sp³-hybridized carbons (Fsp3) is 0.488. The molecule has 1 heterocycles. The average Bonchev–Trinajstić information content (AvgIpc) is 3.21. The monoisotopic (exact) mass is 727 g/mol. The van der Waals surface area contributed by atoms with Gasteiger partial charge in [-0.2, -0.15) is 0 Å². The average molecular weight is 728 g/mol. The molecule has 0 spiro atoms. The van der Waals surface area contributed by atoms with Crippen molar-refractivity contribution in [3.8, 4) is 46.8 Å². The minimum atomic E-state index is -0.728. The quantitative estimate of drug-likeness (QED) is 0.109. The summed E-state index contributed by atoms with van der Waals surface area (Å²) in [6.45, 7) is 0.588. The SMILES string of the molecule is C#CCOc1cccc([C@@H](CCc2ccc(OC)c(OC)c2)OC(=O)[C@@H]2CCCCN2C(=O)[C@H](c2cc(OC)c(OC)c(OC)c2)C2CCCCC2)c1. The zero-order valence-electron chi connectivity index (χ0n) is 31.7. The van der Waals surface area contributed by atoms with Crippen LogP contribution in [0.5, 0.6) is 34.5 Å². The zero-order chi connectivity index (χ0) is 37.7. The Bertz CT molecular complexity index is 1700. The lowest BCUT2D eigenvalue weighted by atomic mass is 9.75. The largest absolute Gasteiger partial charge is 0.493 e. The maximum absolute atomic E-state index is 14.9. The van der Waals surface area contributed by atoms with Crippen LogP contribution in [0, 0.1) is 18.3 Å². The summed E-state index contributed by atoms with van der Waals surface area (Å²) < 4.78 is 40.1. The number of carbonyl (C=O) groups is 2. The van der Waals surface area contributed by atoms with Crippen molar-refractivity contribution in [3.63, 3.8) is 0 Å². The zero-order valence-corrected chi connectivity index (χ0v) is 31.7. The van der Waals surface area contributed by atoms with Crippen LogP contribution >= 0.6 is 0 Å². The van der Waals surface area contributed by atoms with Gasteiger partial charge in [-0.25, -0.2) is 4.79 Å². The van der Waals surface area contributed by atoms with Gasteiger partial charge in [0.1, 0.15) is 24.5 Å². The number of piperidine rings is 1. The topological polar surface area (TPSA) is 102 Å². The molecule has 2 fully saturated rings. The second kappa shape index (κ2) is 19.2. The minimum Gasteiger partial charge on any atom is -0.493 e. The number of rotatable bonds is 16. The van der Waals surface area contributed by atoms with Crippen molar-refractivity contribution in [1.82, 2.24) is 4.90 Å². The molecule has 2 aliphatic rings. The first-order valence-electron chi connectivity index (χ1n) is 18.5. The smallest absolute Gasteiger partial charge is 0.329 e. The first kappa shape index (κ1) is 39.2. The second-order valence-electron chi connectivity index (χ2n) is 13.6. The molecule has 10 heteroatoms. The van der Waals surface area contributed by atoms with Gasteiger partial charge in [0.15, 0.2) is 23.0 Å². The van der Waals surface area contributed by atoms with E-state index >= 15 is 0 Å². The van der Waals surface area contributed by atoms with Gasteiger partial charge in [0.25, 0.3) is 0 Å². The van der Waals surface area contributed by atoms with Crippen LogP contribution in [0.15, 0.2) is 54.6 Å². The van der Waals surface area contributed by atoms with Gasteiger partial charge >= 0.3 is 5.97 Å². The number of ether oxygens (including phenoxy) is 7. The molecule has 53 heavy (non-hydrogen) atoms. The lowest BCUT2D eigenvalue weighted by Gasteiger charge is -2.40. The number of amides is 1. The molecule has 3 atom stereocenters. The summed E-state index contributed by atoms with van der Waals surface area (Å²) in [6.07, 6.45) is 13.1. The molecular formula is C43H53NO9. The molecule has 0 unspecified atom stereocenters. The summed E-state index contributed by atoms with van der Waals surface area (Å²) >= 11 is 0. The number of esters is 1. The molecule has 1 saturated carbocycles. The Labute approximate surface area is 314 Å². The Hall–Kier alpha value is -5.04. The molecule has 3 aromatic rings. The fourth-order valence-electron chi connectivity index (χ4n) is 7.76. The van der Waals surface area contributed by atoms with Crippen LogP contribution in [-0.2, 0) is 20.7 Å². The number of hydrogen-bond donors (Lipinski definition) is 0. The van der Waals surface area contributed by atoms with Crippen LogP contribution in [0.1, 0.15) is 86.5 Å². The Morgan fingerprint density at radius 3 is 2.13 bits per heavy atom. The maximum Gasteiger partial charge on any atom is 0.329 e. The fourth-order valence-corrected chi connectivity index (χ4v) is 7.76. The van der Waals surface area contributed by atoms with Crippen LogP contribution in [0.4, 0.5) is 0 Å². The summed E-state index contributed by atoms with van der Waals surface area (Å²) in [7, 11) is 7.92. The first-order valence-corrected chi connectivity index (χ1v) is 18.5. The number of benzene rings is 3. The standard InChI is InChI=1S/C43H53NO9/c1-7-24-52-33-17-13-16-31(26-33)35(21-19-29-20-22-36(47-2)37(25-29)48-3)53-43(46)34-18-11-12-23-44(34)42(45)40(30-14-9-8-10-15-30)32-27-38(49-4)41(51-6)39(28-32)50-5/h1,13,16-17,20,22,25-28,30,34-35,40H,8-12,14-15,18-19,21,23-24H2,2-6H3/t34-,35+,40-/m0/s1. The minimum absolute atomic E-state index is 0.0700. The highest BCUT2D eigenvalue weighted by molar-refractivity contribution is 5.89. The van der Waals surface area contributed by atoms with Crippen molar-refractivity contribution in [3.05, 3.63) is 71.3 Å². The van der Waals surface area contributed by atoms with E-state index < -0.39 is 24.0 Å². The molecule has 0 aromatic heterocycles. The van der Waals surface area contributed by atoms with Gasteiger partial charge in [-0.15, -0.1) is 6.42 Å². The van der Waals surface area contributed by atoms with Crippen molar-refractivity contribution < 1.29 is 42.7 Å².